The standard InChI is InChI=1S/C18H27NO2/c1-12-5-4-6-16(13(12)2)19-14(3)15-7-8-17-18(11-15)21-10-9-20-17/h7-8,11-14,16,19H,4-6,9-10H2,1-3H3. The van der Waals surface area contributed by atoms with Crippen molar-refractivity contribution >= 4 is 0 Å². The zero-order valence-electron chi connectivity index (χ0n) is 13.4. The second-order valence-electron chi connectivity index (χ2n) is 6.67. The highest BCUT2D eigenvalue weighted by molar-refractivity contribution is 5.44. The Bertz CT molecular complexity index is 488. The molecule has 3 nitrogen and oxygen atoms in total. The van der Waals surface area contributed by atoms with Crippen molar-refractivity contribution in [2.45, 2.75) is 52.1 Å². The largest absolute Gasteiger partial charge is 0.486 e. The van der Waals surface area contributed by atoms with Gasteiger partial charge in [-0.1, -0.05) is 32.8 Å². The summed E-state index contributed by atoms with van der Waals surface area (Å²) < 4.78 is 11.3. The molecule has 3 heteroatoms. The van der Waals surface area contributed by atoms with Gasteiger partial charge in [-0.2, -0.15) is 0 Å². The van der Waals surface area contributed by atoms with Crippen molar-refractivity contribution < 1.29 is 9.47 Å². The van der Waals surface area contributed by atoms with Gasteiger partial charge < -0.3 is 14.8 Å². The van der Waals surface area contributed by atoms with E-state index in [0.29, 0.717) is 25.3 Å². The van der Waals surface area contributed by atoms with Gasteiger partial charge in [-0.3, -0.25) is 0 Å². The van der Waals surface area contributed by atoms with Crippen molar-refractivity contribution in [3.8, 4) is 11.5 Å². The van der Waals surface area contributed by atoms with Crippen LogP contribution in [0, 0.1) is 11.8 Å². The number of hydrogen-bond acceptors (Lipinski definition) is 3. The average molecular weight is 289 g/mol. The van der Waals surface area contributed by atoms with Gasteiger partial charge in [0.05, 0.1) is 0 Å². The quantitative estimate of drug-likeness (QED) is 0.914. The van der Waals surface area contributed by atoms with Crippen LogP contribution in [0.15, 0.2) is 18.2 Å². The fraction of sp³-hybridized carbons (Fsp3) is 0.667. The Morgan fingerprint density at radius 2 is 1.86 bits per heavy atom. The van der Waals surface area contributed by atoms with Crippen molar-refractivity contribution in [3.63, 3.8) is 0 Å². The first-order valence-corrected chi connectivity index (χ1v) is 8.30. The fourth-order valence-corrected chi connectivity index (χ4v) is 3.56. The Kier molecular flexibility index (Phi) is 4.39. The lowest BCUT2D eigenvalue weighted by atomic mass is 9.77. The third kappa shape index (κ3) is 3.18. The number of benzene rings is 1. The summed E-state index contributed by atoms with van der Waals surface area (Å²) >= 11 is 0. The maximum Gasteiger partial charge on any atom is 0.161 e. The van der Waals surface area contributed by atoms with Crippen LogP contribution in [0.4, 0.5) is 0 Å². The van der Waals surface area contributed by atoms with E-state index in [4.69, 9.17) is 9.47 Å². The minimum Gasteiger partial charge on any atom is -0.486 e. The molecule has 0 bridgehead atoms. The van der Waals surface area contributed by atoms with E-state index >= 15 is 0 Å². The molecule has 3 rings (SSSR count). The Labute approximate surface area is 128 Å². The van der Waals surface area contributed by atoms with Crippen LogP contribution in [0.3, 0.4) is 0 Å². The van der Waals surface area contributed by atoms with E-state index in [1.165, 1.54) is 24.8 Å². The molecule has 2 aliphatic rings. The first-order valence-electron chi connectivity index (χ1n) is 8.30. The molecule has 1 N–H and O–H groups in total. The van der Waals surface area contributed by atoms with Crippen molar-refractivity contribution in [1.29, 1.82) is 0 Å². The van der Waals surface area contributed by atoms with Gasteiger partial charge in [0.15, 0.2) is 11.5 Å². The minimum atomic E-state index is 0.346. The van der Waals surface area contributed by atoms with Crippen molar-refractivity contribution in [2.75, 3.05) is 13.2 Å². The maximum atomic E-state index is 5.69. The van der Waals surface area contributed by atoms with Crippen LogP contribution in [-0.2, 0) is 0 Å². The van der Waals surface area contributed by atoms with E-state index in [1.807, 2.05) is 6.07 Å². The van der Waals surface area contributed by atoms with E-state index in [1.54, 1.807) is 0 Å². The van der Waals surface area contributed by atoms with E-state index in [-0.39, 0.29) is 0 Å². The molecule has 1 aromatic carbocycles. The number of ether oxygens (including phenoxy) is 2. The normalized spacial score (nSPS) is 30.0. The average Bonchev–Trinajstić information content (AvgIpc) is 2.51. The maximum absolute atomic E-state index is 5.69. The van der Waals surface area contributed by atoms with Crippen LogP contribution in [0.25, 0.3) is 0 Å². The number of fused-ring (bicyclic) bond motifs is 1. The predicted octanol–water partition coefficient (Wildman–Crippen LogP) is 3.93. The third-order valence-electron chi connectivity index (χ3n) is 5.24. The molecule has 1 fully saturated rings. The Morgan fingerprint density at radius 1 is 1.10 bits per heavy atom. The Morgan fingerprint density at radius 3 is 2.67 bits per heavy atom. The molecular formula is C18H27NO2. The molecule has 4 atom stereocenters. The van der Waals surface area contributed by atoms with Gasteiger partial charge in [-0.05, 0) is 42.9 Å². The SMILES string of the molecule is CC(NC1CCCC(C)C1C)c1ccc2c(c1)OCCO2. The van der Waals surface area contributed by atoms with Gasteiger partial charge in [0.1, 0.15) is 13.2 Å². The lowest BCUT2D eigenvalue weighted by Crippen LogP contribution is -2.41. The fourth-order valence-electron chi connectivity index (χ4n) is 3.56. The van der Waals surface area contributed by atoms with Crippen LogP contribution < -0.4 is 14.8 Å². The van der Waals surface area contributed by atoms with Gasteiger partial charge in [0.25, 0.3) is 0 Å². The summed E-state index contributed by atoms with van der Waals surface area (Å²) in [6.45, 7) is 8.32. The lowest BCUT2D eigenvalue weighted by molar-refractivity contribution is 0.171. The first kappa shape index (κ1) is 14.7. The van der Waals surface area contributed by atoms with E-state index in [9.17, 15) is 0 Å². The predicted molar refractivity (Wildman–Crippen MR) is 84.9 cm³/mol. The van der Waals surface area contributed by atoms with Gasteiger partial charge >= 0.3 is 0 Å². The highest BCUT2D eigenvalue weighted by Gasteiger charge is 2.28. The van der Waals surface area contributed by atoms with Crippen LogP contribution in [0.1, 0.15) is 51.6 Å². The molecular weight excluding hydrogens is 262 g/mol. The summed E-state index contributed by atoms with van der Waals surface area (Å²) in [6, 6.07) is 7.29. The molecule has 116 valence electrons. The van der Waals surface area contributed by atoms with Crippen molar-refractivity contribution in [2.24, 2.45) is 11.8 Å². The summed E-state index contributed by atoms with van der Waals surface area (Å²) in [6.07, 6.45) is 4.01. The van der Waals surface area contributed by atoms with Gasteiger partial charge in [0, 0.05) is 12.1 Å². The number of rotatable bonds is 3. The molecule has 0 aromatic heterocycles. The molecule has 1 aromatic rings. The summed E-state index contributed by atoms with van der Waals surface area (Å²) in [7, 11) is 0. The summed E-state index contributed by atoms with van der Waals surface area (Å²) in [4.78, 5) is 0. The van der Waals surface area contributed by atoms with Gasteiger partial charge in [0.2, 0.25) is 0 Å². The molecule has 4 unspecified atom stereocenters. The Hall–Kier alpha value is -1.22. The van der Waals surface area contributed by atoms with Crippen LogP contribution >= 0.6 is 0 Å². The molecule has 0 amide bonds. The Balaban J connectivity index is 1.68. The van der Waals surface area contributed by atoms with Crippen molar-refractivity contribution in [1.82, 2.24) is 5.32 Å². The van der Waals surface area contributed by atoms with E-state index in [0.717, 1.165) is 23.3 Å². The van der Waals surface area contributed by atoms with E-state index in [2.05, 4.69) is 38.2 Å². The summed E-state index contributed by atoms with van der Waals surface area (Å²) in [5.41, 5.74) is 1.28. The molecule has 1 aliphatic heterocycles. The highest BCUT2D eigenvalue weighted by Crippen LogP contribution is 2.34. The highest BCUT2D eigenvalue weighted by atomic mass is 16.6. The molecule has 1 saturated carbocycles. The smallest absolute Gasteiger partial charge is 0.161 e. The molecule has 1 heterocycles. The zero-order valence-corrected chi connectivity index (χ0v) is 13.4. The monoisotopic (exact) mass is 289 g/mol. The van der Waals surface area contributed by atoms with Gasteiger partial charge in [-0.25, -0.2) is 0 Å². The molecule has 0 spiro atoms. The molecule has 0 radical (unpaired) electrons. The van der Waals surface area contributed by atoms with Crippen LogP contribution in [0.5, 0.6) is 11.5 Å². The second-order valence-corrected chi connectivity index (χ2v) is 6.67. The summed E-state index contributed by atoms with van der Waals surface area (Å²) in [5, 5.41) is 3.83. The van der Waals surface area contributed by atoms with Gasteiger partial charge in [-0.15, -0.1) is 0 Å². The zero-order chi connectivity index (χ0) is 14.8. The third-order valence-corrected chi connectivity index (χ3v) is 5.24. The second kappa shape index (κ2) is 6.27. The lowest BCUT2D eigenvalue weighted by Gasteiger charge is -2.36. The first-order chi connectivity index (χ1) is 10.1. The minimum absolute atomic E-state index is 0.346. The van der Waals surface area contributed by atoms with E-state index < -0.39 is 0 Å². The number of nitrogens with one attached hydrogen (secondary N) is 1. The molecule has 21 heavy (non-hydrogen) atoms. The van der Waals surface area contributed by atoms with Crippen molar-refractivity contribution in [3.05, 3.63) is 23.8 Å². The molecule has 1 aliphatic carbocycles. The van der Waals surface area contributed by atoms with Crippen LogP contribution in [0.2, 0.25) is 0 Å². The number of hydrogen-bond donors (Lipinski definition) is 1. The summed E-state index contributed by atoms with van der Waals surface area (Å²) in [5.74, 6) is 3.33. The molecule has 0 saturated heterocycles. The van der Waals surface area contributed by atoms with Crippen LogP contribution in [-0.4, -0.2) is 19.3 Å². The topological polar surface area (TPSA) is 30.5 Å².